The molecule has 0 unspecified atom stereocenters. The quantitative estimate of drug-likeness (QED) is 0.143. The number of nitrogens with one attached hydrogen (secondary N) is 1. The summed E-state index contributed by atoms with van der Waals surface area (Å²) >= 11 is 0. The van der Waals surface area contributed by atoms with Crippen LogP contribution in [0.5, 0.6) is 0 Å². The SMILES string of the molecule is O=C(NCCO)[C@H]1CCCN1C(=O)[C@@]12C[C@H]3OC(=O)[C@@H]1N(Cc1cccc(C=COCCO)c1)O[C@@H]2[C@H]1OC(c2ccccc2)(c2ccccc2)O[C@H]13. The lowest BCUT2D eigenvalue weighted by Gasteiger charge is -2.50. The lowest BCUT2D eigenvalue weighted by molar-refractivity contribution is -0.214. The van der Waals surface area contributed by atoms with Crippen molar-refractivity contribution in [2.24, 2.45) is 5.41 Å². The topological polar surface area (TPSA) is 156 Å². The van der Waals surface area contributed by atoms with E-state index in [1.54, 1.807) is 16.0 Å². The molecule has 278 valence electrons. The number of aliphatic hydroxyl groups is 2. The minimum atomic E-state index is -1.47. The van der Waals surface area contributed by atoms with Crippen molar-refractivity contribution in [1.82, 2.24) is 15.3 Å². The molecule has 13 nitrogen and oxygen atoms in total. The van der Waals surface area contributed by atoms with Crippen LogP contribution >= 0.6 is 0 Å². The van der Waals surface area contributed by atoms with Crippen molar-refractivity contribution in [2.45, 2.75) is 68.1 Å². The Morgan fingerprint density at radius 2 is 1.68 bits per heavy atom. The fraction of sp³-hybridized carbons (Fsp3) is 0.425. The van der Waals surface area contributed by atoms with Gasteiger partial charge >= 0.3 is 5.97 Å². The van der Waals surface area contributed by atoms with E-state index in [0.29, 0.717) is 19.4 Å². The third kappa shape index (κ3) is 6.11. The number of aliphatic hydroxyl groups excluding tert-OH is 2. The minimum Gasteiger partial charge on any atom is -0.499 e. The molecule has 13 heteroatoms. The first-order chi connectivity index (χ1) is 25.9. The summed E-state index contributed by atoms with van der Waals surface area (Å²) < 4.78 is 25.5. The van der Waals surface area contributed by atoms with Crippen LogP contribution < -0.4 is 5.32 Å². The Morgan fingerprint density at radius 3 is 2.40 bits per heavy atom. The first-order valence-electron chi connectivity index (χ1n) is 18.2. The van der Waals surface area contributed by atoms with Gasteiger partial charge in [0.05, 0.1) is 26.0 Å². The van der Waals surface area contributed by atoms with Crippen molar-refractivity contribution in [3.05, 3.63) is 113 Å². The number of fused-ring (bicyclic) bond motifs is 4. The van der Waals surface area contributed by atoms with E-state index >= 15 is 4.79 Å². The molecule has 5 fully saturated rings. The predicted octanol–water partition coefficient (Wildman–Crippen LogP) is 2.25. The number of ether oxygens (including phenoxy) is 4. The van der Waals surface area contributed by atoms with Crippen molar-refractivity contribution in [3.8, 4) is 0 Å². The van der Waals surface area contributed by atoms with Crippen LogP contribution in [0.1, 0.15) is 41.5 Å². The van der Waals surface area contributed by atoms with Crippen LogP contribution in [0.2, 0.25) is 0 Å². The molecule has 0 spiro atoms. The molecule has 7 atom stereocenters. The van der Waals surface area contributed by atoms with Crippen LogP contribution in [0.3, 0.4) is 0 Å². The number of amides is 2. The number of hydrogen-bond acceptors (Lipinski definition) is 11. The van der Waals surface area contributed by atoms with Crippen molar-refractivity contribution in [1.29, 1.82) is 0 Å². The summed E-state index contributed by atoms with van der Waals surface area (Å²) in [7, 11) is 0. The van der Waals surface area contributed by atoms with Crippen molar-refractivity contribution in [2.75, 3.05) is 32.9 Å². The van der Waals surface area contributed by atoms with Crippen LogP contribution in [-0.2, 0) is 50.5 Å². The number of nitrogens with zero attached hydrogens (tertiary/aromatic N) is 2. The third-order valence-electron chi connectivity index (χ3n) is 10.9. The average molecular weight is 726 g/mol. The smallest absolute Gasteiger partial charge is 0.327 e. The van der Waals surface area contributed by atoms with Crippen LogP contribution in [0, 0.1) is 5.41 Å². The fourth-order valence-electron chi connectivity index (χ4n) is 8.74. The van der Waals surface area contributed by atoms with Gasteiger partial charge in [-0.2, -0.15) is 5.06 Å². The number of carbonyl (C=O) groups is 3. The lowest BCUT2D eigenvalue weighted by atomic mass is 9.62. The summed E-state index contributed by atoms with van der Waals surface area (Å²) in [5, 5.41) is 22.7. The maximum atomic E-state index is 15.3. The molecule has 4 heterocycles. The van der Waals surface area contributed by atoms with Gasteiger partial charge < -0.3 is 39.4 Å². The maximum Gasteiger partial charge on any atom is 0.327 e. The van der Waals surface area contributed by atoms with Gasteiger partial charge in [-0.3, -0.25) is 19.2 Å². The average Bonchev–Trinajstić information content (AvgIpc) is 3.93. The number of hydroxylamine groups is 2. The molecule has 53 heavy (non-hydrogen) atoms. The second kappa shape index (κ2) is 14.7. The standard InChI is InChI=1S/C40H43N3O10/c44-19-17-41-36(46)30-15-8-18-42(30)38(48)39-24-31-32-33(52-40(51-32,28-11-3-1-4-12-28)29-13-5-2-6-14-29)35(39)53-43(34(39)37(47)50-31)25-27-10-7-9-26(23-27)16-21-49-22-20-45/h1-7,9-14,16,21,23,30-35,44-45H,8,15,17-20,22,24-25H2,(H,41,46)/t30-,31-,32+,33+,34+,35-,39+/m1/s1. The molecule has 1 saturated carbocycles. The Kier molecular flexibility index (Phi) is 9.79. The Hall–Kier alpha value is -4.63. The Morgan fingerprint density at radius 1 is 0.943 bits per heavy atom. The molecule has 2 amide bonds. The summed E-state index contributed by atoms with van der Waals surface area (Å²) in [6.45, 7) is 0.371. The number of rotatable bonds is 12. The summed E-state index contributed by atoms with van der Waals surface area (Å²) in [5.41, 5.74) is 1.63. The second-order valence-electron chi connectivity index (χ2n) is 14.1. The summed E-state index contributed by atoms with van der Waals surface area (Å²) in [4.78, 5) is 51.3. The molecule has 3 aromatic rings. The van der Waals surface area contributed by atoms with Crippen molar-refractivity contribution < 1.29 is 48.4 Å². The van der Waals surface area contributed by atoms with Gasteiger partial charge in [0, 0.05) is 30.6 Å². The zero-order valence-corrected chi connectivity index (χ0v) is 29.1. The van der Waals surface area contributed by atoms with Gasteiger partial charge in [0.2, 0.25) is 17.6 Å². The van der Waals surface area contributed by atoms with Crippen LogP contribution in [0.15, 0.2) is 91.2 Å². The molecule has 5 aliphatic rings. The highest BCUT2D eigenvalue weighted by atomic mass is 16.8. The maximum absolute atomic E-state index is 15.3. The molecule has 8 rings (SSSR count). The Bertz CT molecular complexity index is 1800. The van der Waals surface area contributed by atoms with Gasteiger partial charge in [0.25, 0.3) is 0 Å². The highest BCUT2D eigenvalue weighted by molar-refractivity contribution is 5.96. The van der Waals surface area contributed by atoms with E-state index in [0.717, 1.165) is 22.3 Å². The van der Waals surface area contributed by atoms with Gasteiger partial charge in [-0.15, -0.1) is 0 Å². The van der Waals surface area contributed by atoms with Gasteiger partial charge in [-0.05, 0) is 30.0 Å². The van der Waals surface area contributed by atoms with E-state index < -0.39 is 53.7 Å². The minimum absolute atomic E-state index is 0.0663. The number of carbonyl (C=O) groups excluding carboxylic acids is 3. The normalized spacial score (nSPS) is 29.9. The molecule has 4 saturated heterocycles. The fourth-order valence-corrected chi connectivity index (χ4v) is 8.74. The van der Waals surface area contributed by atoms with E-state index in [1.807, 2.05) is 84.9 Å². The monoisotopic (exact) mass is 725 g/mol. The van der Waals surface area contributed by atoms with Gasteiger partial charge in [0.1, 0.15) is 42.5 Å². The Labute approximate surface area is 307 Å². The van der Waals surface area contributed by atoms with Gasteiger partial charge in [-0.25, -0.2) is 0 Å². The molecular formula is C40H43N3O10. The molecule has 0 aromatic heterocycles. The van der Waals surface area contributed by atoms with Gasteiger partial charge in [-0.1, -0.05) is 84.9 Å². The largest absolute Gasteiger partial charge is 0.499 e. The van der Waals surface area contributed by atoms with Crippen LogP contribution in [0.4, 0.5) is 0 Å². The number of benzene rings is 3. The third-order valence-corrected chi connectivity index (χ3v) is 10.9. The van der Waals surface area contributed by atoms with E-state index in [4.69, 9.17) is 28.9 Å². The number of likely N-dealkylation sites (tertiary alicyclic amines) is 1. The Balaban J connectivity index is 1.20. The zero-order chi connectivity index (χ0) is 36.6. The molecule has 3 aromatic carbocycles. The highest BCUT2D eigenvalue weighted by Crippen LogP contribution is 2.60. The van der Waals surface area contributed by atoms with Gasteiger partial charge in [0.15, 0.2) is 6.04 Å². The first-order valence-corrected chi connectivity index (χ1v) is 18.2. The highest BCUT2D eigenvalue weighted by Gasteiger charge is 2.77. The van der Waals surface area contributed by atoms with E-state index in [2.05, 4.69) is 5.32 Å². The molecular weight excluding hydrogens is 682 g/mol. The molecule has 0 radical (unpaired) electrons. The van der Waals surface area contributed by atoms with Crippen molar-refractivity contribution >= 4 is 23.9 Å². The second-order valence-corrected chi connectivity index (χ2v) is 14.1. The summed E-state index contributed by atoms with van der Waals surface area (Å²) in [6.07, 6.45) is 1.01. The molecule has 2 bridgehead atoms. The number of hydrogen-bond donors (Lipinski definition) is 3. The zero-order valence-electron chi connectivity index (χ0n) is 29.1. The molecule has 3 N–H and O–H groups in total. The molecule has 1 aliphatic carbocycles. The molecule has 4 aliphatic heterocycles. The lowest BCUT2D eigenvalue weighted by Crippen LogP contribution is -2.70. The summed E-state index contributed by atoms with van der Waals surface area (Å²) in [5.74, 6) is -2.72. The number of esters is 1. The first kappa shape index (κ1) is 35.4. The van der Waals surface area contributed by atoms with Crippen LogP contribution in [-0.4, -0.2) is 107 Å². The van der Waals surface area contributed by atoms with E-state index in [-0.39, 0.29) is 51.1 Å². The van der Waals surface area contributed by atoms with E-state index in [1.165, 1.54) is 6.26 Å². The predicted molar refractivity (Wildman–Crippen MR) is 188 cm³/mol. The summed E-state index contributed by atoms with van der Waals surface area (Å²) in [6, 6.07) is 24.8. The van der Waals surface area contributed by atoms with Crippen LogP contribution in [0.25, 0.3) is 6.08 Å². The van der Waals surface area contributed by atoms with E-state index in [9.17, 15) is 14.7 Å². The van der Waals surface area contributed by atoms with Crippen molar-refractivity contribution in [3.63, 3.8) is 0 Å².